The second-order valence-electron chi connectivity index (χ2n) is 9.25. The van der Waals surface area contributed by atoms with Crippen molar-refractivity contribution in [1.82, 2.24) is 9.80 Å². The predicted molar refractivity (Wildman–Crippen MR) is 138 cm³/mol. The van der Waals surface area contributed by atoms with Gasteiger partial charge in [0.1, 0.15) is 19.5 Å². The average molecular weight is 482 g/mol. The van der Waals surface area contributed by atoms with Crippen LogP contribution in [0, 0.1) is 0 Å². The molecule has 35 heavy (non-hydrogen) atoms. The number of ether oxygens (including phenoxy) is 2. The summed E-state index contributed by atoms with van der Waals surface area (Å²) in [4.78, 5) is 26.1. The van der Waals surface area contributed by atoms with E-state index in [1.165, 1.54) is 44.5 Å². The number of amides is 1. The van der Waals surface area contributed by atoms with Crippen molar-refractivity contribution >= 4 is 12.2 Å². The summed E-state index contributed by atoms with van der Waals surface area (Å²) in [6.45, 7) is 6.64. The highest BCUT2D eigenvalue weighted by atomic mass is 16.6. The molecule has 1 fully saturated rings. The topological polar surface area (TPSA) is 85.1 Å². The van der Waals surface area contributed by atoms with Crippen molar-refractivity contribution in [2.45, 2.75) is 45.1 Å². The Hall–Kier alpha value is -2.90. The molecule has 2 aliphatic heterocycles. The molecule has 0 aromatic heterocycles. The van der Waals surface area contributed by atoms with Crippen LogP contribution in [0.3, 0.4) is 0 Å². The molecule has 0 radical (unpaired) electrons. The first-order chi connectivity index (χ1) is 17.0. The van der Waals surface area contributed by atoms with Crippen LogP contribution < -0.4 is 15.2 Å². The molecule has 2 aromatic carbocycles. The summed E-state index contributed by atoms with van der Waals surface area (Å²) in [5.41, 5.74) is 8.15. The van der Waals surface area contributed by atoms with E-state index < -0.39 is 0 Å². The van der Waals surface area contributed by atoms with Gasteiger partial charge < -0.3 is 25.0 Å². The summed E-state index contributed by atoms with van der Waals surface area (Å²) in [5, 5.41) is 0. The van der Waals surface area contributed by atoms with Gasteiger partial charge in [0.2, 0.25) is 5.91 Å². The quantitative estimate of drug-likeness (QED) is 0.493. The maximum absolute atomic E-state index is 10.8. The van der Waals surface area contributed by atoms with Gasteiger partial charge in [-0.25, -0.2) is 0 Å². The normalized spacial score (nSPS) is 14.9. The SMILES string of the molecule is CN(CCCC(N)=O)Cc1ccccc1C=O.c1cc2c(cc1CCCN1CCCC1)OCCO2. The number of nitrogens with zero attached hydrogens (tertiary/aromatic N) is 2. The van der Waals surface area contributed by atoms with Crippen molar-refractivity contribution < 1.29 is 19.1 Å². The average Bonchev–Trinajstić information content (AvgIpc) is 3.38. The Kier molecular flexibility index (Phi) is 11.1. The number of hydrogen-bond donors (Lipinski definition) is 1. The van der Waals surface area contributed by atoms with Crippen LogP contribution in [-0.4, -0.2) is 68.4 Å². The zero-order valence-electron chi connectivity index (χ0n) is 20.9. The molecule has 0 spiro atoms. The summed E-state index contributed by atoms with van der Waals surface area (Å²) < 4.78 is 11.1. The third-order valence-electron chi connectivity index (χ3n) is 6.33. The van der Waals surface area contributed by atoms with Gasteiger partial charge in [-0.2, -0.15) is 0 Å². The van der Waals surface area contributed by atoms with Gasteiger partial charge >= 0.3 is 0 Å². The van der Waals surface area contributed by atoms with Crippen LogP contribution in [0.2, 0.25) is 0 Å². The molecular formula is C28H39N3O4. The Labute approximate surface area is 209 Å². The van der Waals surface area contributed by atoms with Gasteiger partial charge in [-0.1, -0.05) is 30.3 Å². The van der Waals surface area contributed by atoms with E-state index in [2.05, 4.69) is 21.9 Å². The van der Waals surface area contributed by atoms with Crippen LogP contribution in [-0.2, 0) is 17.8 Å². The molecule has 0 atom stereocenters. The highest BCUT2D eigenvalue weighted by molar-refractivity contribution is 5.77. The number of primary amides is 1. The molecule has 0 saturated carbocycles. The number of hydrogen-bond acceptors (Lipinski definition) is 6. The monoisotopic (exact) mass is 481 g/mol. The molecular weight excluding hydrogens is 442 g/mol. The lowest BCUT2D eigenvalue weighted by atomic mass is 10.1. The molecule has 2 aromatic rings. The fourth-order valence-corrected chi connectivity index (χ4v) is 4.44. The number of rotatable bonds is 11. The number of benzene rings is 2. The Morgan fingerprint density at radius 2 is 1.80 bits per heavy atom. The maximum Gasteiger partial charge on any atom is 0.217 e. The second-order valence-corrected chi connectivity index (χ2v) is 9.25. The summed E-state index contributed by atoms with van der Waals surface area (Å²) in [5.74, 6) is 1.54. The van der Waals surface area contributed by atoms with Gasteiger partial charge in [-0.15, -0.1) is 0 Å². The Morgan fingerprint density at radius 1 is 1.06 bits per heavy atom. The van der Waals surface area contributed by atoms with E-state index in [-0.39, 0.29) is 5.91 Å². The Bertz CT molecular complexity index is 944. The van der Waals surface area contributed by atoms with Crippen LogP contribution in [0.5, 0.6) is 11.5 Å². The number of nitrogens with two attached hydrogens (primary N) is 1. The molecule has 4 rings (SSSR count). The molecule has 2 aliphatic rings. The largest absolute Gasteiger partial charge is 0.486 e. The van der Waals surface area contributed by atoms with Crippen molar-refractivity contribution in [3.8, 4) is 11.5 Å². The number of likely N-dealkylation sites (tertiary alicyclic amines) is 1. The number of fused-ring (bicyclic) bond motifs is 1. The van der Waals surface area contributed by atoms with Crippen LogP contribution in [0.25, 0.3) is 0 Å². The first-order valence-electron chi connectivity index (χ1n) is 12.7. The molecule has 7 nitrogen and oxygen atoms in total. The molecule has 190 valence electrons. The molecule has 1 amide bonds. The van der Waals surface area contributed by atoms with E-state index >= 15 is 0 Å². The predicted octanol–water partition coefficient (Wildman–Crippen LogP) is 3.68. The number of aryl methyl sites for hydroxylation is 1. The summed E-state index contributed by atoms with van der Waals surface area (Å²) in [6, 6.07) is 13.9. The number of carbonyl (C=O) groups is 2. The summed E-state index contributed by atoms with van der Waals surface area (Å²) >= 11 is 0. The minimum atomic E-state index is -0.272. The fourth-order valence-electron chi connectivity index (χ4n) is 4.44. The minimum absolute atomic E-state index is 0.272. The molecule has 2 N–H and O–H groups in total. The third kappa shape index (κ3) is 9.34. The van der Waals surface area contributed by atoms with E-state index in [1.54, 1.807) is 6.07 Å². The Balaban J connectivity index is 0.000000196. The van der Waals surface area contributed by atoms with Crippen LogP contribution in [0.4, 0.5) is 0 Å². The van der Waals surface area contributed by atoms with Crippen molar-refractivity contribution in [2.75, 3.05) is 46.4 Å². The molecule has 7 heteroatoms. The van der Waals surface area contributed by atoms with E-state index in [0.29, 0.717) is 31.7 Å². The van der Waals surface area contributed by atoms with Crippen molar-refractivity contribution in [3.63, 3.8) is 0 Å². The summed E-state index contributed by atoms with van der Waals surface area (Å²) in [6.07, 6.45) is 7.14. The first kappa shape index (κ1) is 26.7. The number of aldehydes is 1. The van der Waals surface area contributed by atoms with Gasteiger partial charge in [-0.05, 0) is 88.6 Å². The second kappa shape index (κ2) is 14.5. The van der Waals surface area contributed by atoms with Gasteiger partial charge in [0.15, 0.2) is 11.5 Å². The summed E-state index contributed by atoms with van der Waals surface area (Å²) in [7, 11) is 1.96. The van der Waals surface area contributed by atoms with Gasteiger partial charge in [0.25, 0.3) is 0 Å². The molecule has 0 bridgehead atoms. The van der Waals surface area contributed by atoms with Crippen LogP contribution in [0.15, 0.2) is 42.5 Å². The molecule has 1 saturated heterocycles. The fraction of sp³-hybridized carbons (Fsp3) is 0.500. The molecule has 0 aliphatic carbocycles. The van der Waals surface area contributed by atoms with Gasteiger partial charge in [0, 0.05) is 18.5 Å². The highest BCUT2D eigenvalue weighted by Gasteiger charge is 2.13. The van der Waals surface area contributed by atoms with Gasteiger partial charge in [0.05, 0.1) is 0 Å². The zero-order valence-corrected chi connectivity index (χ0v) is 20.9. The van der Waals surface area contributed by atoms with E-state index in [4.69, 9.17) is 15.2 Å². The third-order valence-corrected chi connectivity index (χ3v) is 6.33. The first-order valence-corrected chi connectivity index (χ1v) is 12.7. The minimum Gasteiger partial charge on any atom is -0.486 e. The molecule has 0 unspecified atom stereocenters. The van der Waals surface area contributed by atoms with Crippen LogP contribution in [0.1, 0.15) is 53.6 Å². The highest BCUT2D eigenvalue weighted by Crippen LogP contribution is 2.31. The maximum atomic E-state index is 10.8. The lowest BCUT2D eigenvalue weighted by Gasteiger charge is -2.19. The van der Waals surface area contributed by atoms with Crippen molar-refractivity contribution in [1.29, 1.82) is 0 Å². The standard InChI is InChI=1S/C15H21NO2.C13H18N2O2/c1-2-8-16(7-1)9-3-4-13-5-6-14-15(12-13)18-11-10-17-14;1-15(8-4-7-13(14)17)9-11-5-2-3-6-12(11)10-16/h5-6,12H,1-4,7-11H2;2-3,5-6,10H,4,7-9H2,1H3,(H2,14,17). The lowest BCUT2D eigenvalue weighted by molar-refractivity contribution is -0.118. The van der Waals surface area contributed by atoms with E-state index in [0.717, 1.165) is 42.7 Å². The van der Waals surface area contributed by atoms with E-state index in [9.17, 15) is 9.59 Å². The van der Waals surface area contributed by atoms with Crippen LogP contribution >= 0.6 is 0 Å². The lowest BCUT2D eigenvalue weighted by Crippen LogP contribution is -2.21. The van der Waals surface area contributed by atoms with E-state index in [1.807, 2.05) is 31.3 Å². The zero-order chi connectivity index (χ0) is 24.9. The van der Waals surface area contributed by atoms with Crippen molar-refractivity contribution in [3.05, 3.63) is 59.2 Å². The molecule has 2 heterocycles. The Morgan fingerprint density at radius 3 is 2.54 bits per heavy atom. The van der Waals surface area contributed by atoms with Crippen molar-refractivity contribution in [2.24, 2.45) is 5.73 Å². The number of carbonyl (C=O) groups excluding carboxylic acids is 2. The smallest absolute Gasteiger partial charge is 0.217 e. The van der Waals surface area contributed by atoms with Gasteiger partial charge in [-0.3, -0.25) is 9.59 Å².